The molecule has 0 spiro atoms. The number of hydrogen-bond acceptors (Lipinski definition) is 6. The van der Waals surface area contributed by atoms with Gasteiger partial charge in [-0.2, -0.15) is 0 Å². The van der Waals surface area contributed by atoms with Crippen LogP contribution in [0.15, 0.2) is 0 Å². The predicted molar refractivity (Wildman–Crippen MR) is 183 cm³/mol. The largest absolute Gasteiger partial charge is 0.385 e. The van der Waals surface area contributed by atoms with Crippen molar-refractivity contribution in [3.8, 4) is 0 Å². The van der Waals surface area contributed by atoms with Gasteiger partial charge in [0, 0.05) is 46.3 Å². The molecule has 266 valence electrons. The van der Waals surface area contributed by atoms with Crippen molar-refractivity contribution in [2.45, 2.75) is 161 Å². The summed E-state index contributed by atoms with van der Waals surface area (Å²) >= 11 is 0. The number of carbonyl (C=O) groups excluding carboxylic acids is 3. The van der Waals surface area contributed by atoms with Gasteiger partial charge in [0.05, 0.1) is 6.61 Å². The van der Waals surface area contributed by atoms with Crippen LogP contribution in [0.3, 0.4) is 0 Å². The molecule has 10 nitrogen and oxygen atoms in total. The molecule has 11 heteroatoms. The van der Waals surface area contributed by atoms with Crippen LogP contribution in [-0.4, -0.2) is 68.7 Å². The molecule has 0 aliphatic carbocycles. The van der Waals surface area contributed by atoms with Crippen molar-refractivity contribution < 1.29 is 33.1 Å². The first-order valence-electron chi connectivity index (χ1n) is 18.0. The minimum atomic E-state index is -3.49. The molecule has 0 saturated heterocycles. The fourth-order valence-corrected chi connectivity index (χ4v) is 5.60. The van der Waals surface area contributed by atoms with Crippen molar-refractivity contribution in [1.82, 2.24) is 16.0 Å². The third-order valence-corrected chi connectivity index (χ3v) is 8.52. The Labute approximate surface area is 274 Å². The van der Waals surface area contributed by atoms with E-state index in [-0.39, 0.29) is 24.3 Å². The Balaban J connectivity index is 4.14. The quantitative estimate of drug-likeness (QED) is 0.0431. The topological polar surface area (TPSA) is 143 Å². The van der Waals surface area contributed by atoms with Crippen molar-refractivity contribution >= 4 is 25.3 Å². The summed E-state index contributed by atoms with van der Waals surface area (Å²) in [7, 11) is -1.84. The van der Waals surface area contributed by atoms with Crippen molar-refractivity contribution in [3.63, 3.8) is 0 Å². The molecule has 3 amide bonds. The smallest absolute Gasteiger partial charge is 0.325 e. The van der Waals surface area contributed by atoms with E-state index in [1.54, 1.807) is 7.11 Å². The van der Waals surface area contributed by atoms with E-state index >= 15 is 0 Å². The van der Waals surface area contributed by atoms with Crippen LogP contribution in [0.5, 0.6) is 0 Å². The minimum absolute atomic E-state index is 0.0822. The molecular formula is C34H68N3O7P. The Kier molecular flexibility index (Phi) is 30.1. The highest BCUT2D eigenvalue weighted by Gasteiger charge is 2.20. The van der Waals surface area contributed by atoms with Gasteiger partial charge in [-0.05, 0) is 51.4 Å². The van der Waals surface area contributed by atoms with Crippen molar-refractivity contribution in [1.29, 1.82) is 0 Å². The lowest BCUT2D eigenvalue weighted by Gasteiger charge is -2.19. The van der Waals surface area contributed by atoms with Gasteiger partial charge in [-0.25, -0.2) is 0 Å². The van der Waals surface area contributed by atoms with Crippen LogP contribution >= 0.6 is 7.60 Å². The van der Waals surface area contributed by atoms with E-state index in [1.807, 2.05) is 0 Å². The molecule has 2 atom stereocenters. The van der Waals surface area contributed by atoms with Crippen molar-refractivity contribution in [3.05, 3.63) is 0 Å². The molecule has 0 bridgehead atoms. The summed E-state index contributed by atoms with van der Waals surface area (Å²) in [5.74, 6) is -0.300. The lowest BCUT2D eigenvalue weighted by Crippen LogP contribution is -2.47. The number of rotatable bonds is 33. The van der Waals surface area contributed by atoms with Gasteiger partial charge in [0.2, 0.25) is 17.7 Å². The second kappa shape index (κ2) is 31.1. The number of hydrogen-bond donors (Lipinski definition) is 4. The zero-order valence-electron chi connectivity index (χ0n) is 29.0. The SMILES string of the molecule is CCCCCCCCCCCCCCCC(=O)NCCCCC(NC(=O)CCCCCOC)C(=O)NCCCCOP(C)(=O)O. The number of nitrogens with one attached hydrogen (secondary N) is 3. The summed E-state index contributed by atoms with van der Waals surface area (Å²) in [5, 5.41) is 8.74. The Bertz CT molecular complexity index is 779. The van der Waals surface area contributed by atoms with Gasteiger partial charge in [-0.15, -0.1) is 0 Å². The predicted octanol–water partition coefficient (Wildman–Crippen LogP) is 7.17. The Morgan fingerprint density at radius 3 is 1.71 bits per heavy atom. The normalized spacial score (nSPS) is 13.2. The van der Waals surface area contributed by atoms with Crippen molar-refractivity contribution in [2.75, 3.05) is 40.1 Å². The molecule has 0 aromatic carbocycles. The van der Waals surface area contributed by atoms with E-state index in [9.17, 15) is 23.8 Å². The molecule has 0 rings (SSSR count). The highest BCUT2D eigenvalue weighted by Crippen LogP contribution is 2.36. The van der Waals surface area contributed by atoms with Crippen LogP contribution in [0.1, 0.15) is 155 Å². The van der Waals surface area contributed by atoms with Gasteiger partial charge in [0.15, 0.2) is 0 Å². The van der Waals surface area contributed by atoms with Crippen LogP contribution in [0, 0.1) is 0 Å². The number of ether oxygens (including phenoxy) is 1. The molecule has 0 heterocycles. The third-order valence-electron chi connectivity index (χ3n) is 7.85. The number of unbranched alkanes of at least 4 members (excludes halogenated alkanes) is 16. The first-order valence-corrected chi connectivity index (χ1v) is 20.0. The van der Waals surface area contributed by atoms with E-state index in [0.717, 1.165) is 45.2 Å². The molecule has 0 fully saturated rings. The van der Waals surface area contributed by atoms with Crippen LogP contribution < -0.4 is 16.0 Å². The monoisotopic (exact) mass is 661 g/mol. The molecule has 0 aromatic rings. The molecule has 4 N–H and O–H groups in total. The number of amides is 3. The van der Waals surface area contributed by atoms with Crippen LogP contribution in [-0.2, 0) is 28.2 Å². The highest BCUT2D eigenvalue weighted by atomic mass is 31.2. The van der Waals surface area contributed by atoms with E-state index in [2.05, 4.69) is 22.9 Å². The van der Waals surface area contributed by atoms with Gasteiger partial charge < -0.3 is 30.1 Å². The standard InChI is InChI=1S/C34H68N3O7P/c1-4-5-6-7-8-9-10-11-12-13-14-15-17-25-32(38)35-27-20-19-24-31(37-33(39)26-18-16-22-29-43-2)34(40)36-28-21-23-30-44-45(3,41)42/h31H,4-30H2,1-3H3,(H,35,38)(H,36,40)(H,37,39)(H,41,42). The maximum absolute atomic E-state index is 12.8. The maximum Gasteiger partial charge on any atom is 0.325 e. The first kappa shape index (κ1) is 43.5. The highest BCUT2D eigenvalue weighted by molar-refractivity contribution is 7.51. The van der Waals surface area contributed by atoms with E-state index in [4.69, 9.17) is 9.26 Å². The van der Waals surface area contributed by atoms with Gasteiger partial charge in [0.25, 0.3) is 0 Å². The van der Waals surface area contributed by atoms with Crippen LogP contribution in [0.2, 0.25) is 0 Å². The average molecular weight is 662 g/mol. The summed E-state index contributed by atoms with van der Waals surface area (Å²) < 4.78 is 21.1. The van der Waals surface area contributed by atoms with E-state index in [0.29, 0.717) is 58.2 Å². The van der Waals surface area contributed by atoms with E-state index < -0.39 is 13.6 Å². The molecule has 0 aliphatic rings. The zero-order chi connectivity index (χ0) is 33.4. The van der Waals surface area contributed by atoms with E-state index in [1.165, 1.54) is 70.6 Å². The Hall–Kier alpha value is -1.48. The molecular weight excluding hydrogens is 593 g/mol. The lowest BCUT2D eigenvalue weighted by atomic mass is 10.0. The Morgan fingerprint density at radius 1 is 0.644 bits per heavy atom. The summed E-state index contributed by atoms with van der Waals surface area (Å²) in [6.07, 6.45) is 23.2. The number of carbonyl (C=O) groups is 3. The van der Waals surface area contributed by atoms with Gasteiger partial charge in [-0.3, -0.25) is 18.9 Å². The summed E-state index contributed by atoms with van der Waals surface area (Å²) in [6.45, 7) is 5.17. The Morgan fingerprint density at radius 2 is 1.13 bits per heavy atom. The molecule has 0 aliphatic heterocycles. The van der Waals surface area contributed by atoms with Gasteiger partial charge in [-0.1, -0.05) is 90.4 Å². The fourth-order valence-electron chi connectivity index (χ4n) is 5.13. The summed E-state index contributed by atoms with van der Waals surface area (Å²) in [4.78, 5) is 46.7. The number of methoxy groups -OCH3 is 1. The fraction of sp³-hybridized carbons (Fsp3) is 0.912. The lowest BCUT2D eigenvalue weighted by molar-refractivity contribution is -0.129. The van der Waals surface area contributed by atoms with Crippen LogP contribution in [0.4, 0.5) is 0 Å². The molecule has 0 saturated carbocycles. The molecule has 0 aromatic heterocycles. The molecule has 45 heavy (non-hydrogen) atoms. The van der Waals surface area contributed by atoms with Gasteiger partial charge >= 0.3 is 7.60 Å². The first-order chi connectivity index (χ1) is 21.7. The summed E-state index contributed by atoms with van der Waals surface area (Å²) in [5.41, 5.74) is 0. The molecule has 2 unspecified atom stereocenters. The minimum Gasteiger partial charge on any atom is -0.385 e. The maximum atomic E-state index is 12.8. The zero-order valence-corrected chi connectivity index (χ0v) is 29.9. The van der Waals surface area contributed by atoms with Crippen molar-refractivity contribution in [2.24, 2.45) is 0 Å². The molecule has 0 radical (unpaired) electrons. The van der Waals surface area contributed by atoms with Gasteiger partial charge in [0.1, 0.15) is 6.04 Å². The average Bonchev–Trinajstić information content (AvgIpc) is 2.99. The summed E-state index contributed by atoms with van der Waals surface area (Å²) in [6, 6.07) is -0.637. The third kappa shape index (κ3) is 32.3. The second-order valence-electron chi connectivity index (χ2n) is 12.4. The van der Waals surface area contributed by atoms with Crippen LogP contribution in [0.25, 0.3) is 0 Å². The second-order valence-corrected chi connectivity index (χ2v) is 14.3.